The number of unbranched alkanes of at least 4 members (excludes halogenated alkanes) is 1. The van der Waals surface area contributed by atoms with Crippen molar-refractivity contribution in [3.8, 4) is 0 Å². The Morgan fingerprint density at radius 1 is 0.700 bits per heavy atom. The molecule has 0 aromatic carbocycles. The molecule has 0 aliphatic heterocycles. The van der Waals surface area contributed by atoms with Crippen LogP contribution in [0, 0.1) is 5.92 Å². The maximum Gasteiger partial charge on any atom is 0.326 e. The molecule has 40 heavy (non-hydrogen) atoms. The van der Waals surface area contributed by atoms with Gasteiger partial charge >= 0.3 is 5.97 Å². The topological polar surface area (TPSA) is 305 Å². The van der Waals surface area contributed by atoms with Crippen LogP contribution >= 0.6 is 0 Å². The van der Waals surface area contributed by atoms with E-state index in [2.05, 4.69) is 25.9 Å². The van der Waals surface area contributed by atoms with Crippen molar-refractivity contribution in [2.75, 3.05) is 19.6 Å². The van der Waals surface area contributed by atoms with Crippen LogP contribution in [-0.2, 0) is 19.2 Å². The number of carbonyl (C=O) groups excluding carboxylic acids is 3. The monoisotopic (exact) mass is 571 g/mol. The molecule has 16 heteroatoms. The Bertz CT molecular complexity index is 858. The van der Waals surface area contributed by atoms with Crippen LogP contribution in [0.4, 0.5) is 0 Å². The molecule has 4 atom stereocenters. The number of carboxylic acid groups (broad SMARTS) is 1. The highest BCUT2D eigenvalue weighted by molar-refractivity contribution is 5.94. The van der Waals surface area contributed by atoms with Gasteiger partial charge in [0.25, 0.3) is 0 Å². The van der Waals surface area contributed by atoms with Gasteiger partial charge in [0.1, 0.15) is 18.1 Å². The summed E-state index contributed by atoms with van der Waals surface area (Å²) in [5.41, 5.74) is 32.8. The van der Waals surface area contributed by atoms with E-state index in [0.717, 1.165) is 0 Å². The van der Waals surface area contributed by atoms with E-state index in [1.54, 1.807) is 0 Å². The predicted molar refractivity (Wildman–Crippen MR) is 154 cm³/mol. The van der Waals surface area contributed by atoms with Gasteiger partial charge in [0.05, 0.1) is 6.04 Å². The molecule has 4 unspecified atom stereocenters. The third-order valence-electron chi connectivity index (χ3n) is 5.78. The Morgan fingerprint density at radius 3 is 1.55 bits per heavy atom. The quantitative estimate of drug-likeness (QED) is 0.0379. The summed E-state index contributed by atoms with van der Waals surface area (Å²) >= 11 is 0. The third-order valence-corrected chi connectivity index (χ3v) is 5.78. The van der Waals surface area contributed by atoms with Gasteiger partial charge in [-0.15, -0.1) is 0 Å². The van der Waals surface area contributed by atoms with Gasteiger partial charge in [0, 0.05) is 13.1 Å². The highest BCUT2D eigenvalue weighted by atomic mass is 16.4. The molecule has 0 spiro atoms. The lowest BCUT2D eigenvalue weighted by Crippen LogP contribution is -2.57. The number of hydrogen-bond donors (Lipinski definition) is 10. The molecule has 230 valence electrons. The first-order chi connectivity index (χ1) is 18.8. The van der Waals surface area contributed by atoms with Crippen molar-refractivity contribution < 1.29 is 24.3 Å². The SMILES string of the molecule is CC(C)CC(N)C(=O)NC(CCCN=C(N)N)C(=O)NC(CCCCN)C(=O)NC(CCCN=C(N)N)C(=O)O. The number of aliphatic imine (C=N–C) groups is 2. The van der Waals surface area contributed by atoms with Gasteiger partial charge in [0.15, 0.2) is 11.9 Å². The number of nitrogens with one attached hydrogen (secondary N) is 3. The van der Waals surface area contributed by atoms with Gasteiger partial charge in [-0.3, -0.25) is 24.4 Å². The highest BCUT2D eigenvalue weighted by Crippen LogP contribution is 2.08. The molecule has 16 nitrogen and oxygen atoms in total. The molecule has 0 saturated heterocycles. The fourth-order valence-corrected chi connectivity index (χ4v) is 3.73. The molecule has 0 aromatic rings. The smallest absolute Gasteiger partial charge is 0.326 e. The Labute approximate surface area is 235 Å². The van der Waals surface area contributed by atoms with E-state index in [1.165, 1.54) is 0 Å². The average molecular weight is 572 g/mol. The Kier molecular flexibility index (Phi) is 18.4. The van der Waals surface area contributed by atoms with Crippen molar-refractivity contribution in [1.82, 2.24) is 16.0 Å². The summed E-state index contributed by atoms with van der Waals surface area (Å²) in [5.74, 6) is -3.12. The van der Waals surface area contributed by atoms with Crippen molar-refractivity contribution in [1.29, 1.82) is 0 Å². The standard InChI is InChI=1S/C24H49N11O5/c1-14(2)13-15(26)19(36)33-17(8-5-11-31-23(27)28)20(37)34-16(7-3-4-10-25)21(38)35-18(22(39)40)9-6-12-32-24(29)30/h14-18H,3-13,25-26H2,1-2H3,(H,33,36)(H,34,37)(H,35,38)(H,39,40)(H4,27,28,31)(H4,29,30,32). The van der Waals surface area contributed by atoms with Gasteiger partial charge < -0.3 is 55.5 Å². The largest absolute Gasteiger partial charge is 0.480 e. The molecular weight excluding hydrogens is 522 g/mol. The van der Waals surface area contributed by atoms with Crippen LogP contribution in [0.5, 0.6) is 0 Å². The van der Waals surface area contributed by atoms with Gasteiger partial charge in [-0.05, 0) is 63.8 Å². The summed E-state index contributed by atoms with van der Waals surface area (Å²) in [4.78, 5) is 58.5. The normalized spacial score (nSPS) is 13.8. The zero-order valence-corrected chi connectivity index (χ0v) is 23.6. The highest BCUT2D eigenvalue weighted by Gasteiger charge is 2.30. The number of hydrogen-bond acceptors (Lipinski definition) is 8. The van der Waals surface area contributed by atoms with Crippen LogP contribution in [0.3, 0.4) is 0 Å². The van der Waals surface area contributed by atoms with Crippen LogP contribution in [0.2, 0.25) is 0 Å². The summed E-state index contributed by atoms with van der Waals surface area (Å²) in [7, 11) is 0. The number of carboxylic acids is 1. The Morgan fingerprint density at radius 2 is 1.12 bits per heavy atom. The fraction of sp³-hybridized carbons (Fsp3) is 0.750. The van der Waals surface area contributed by atoms with E-state index >= 15 is 0 Å². The molecular formula is C24H49N11O5. The fourth-order valence-electron chi connectivity index (χ4n) is 3.73. The van der Waals surface area contributed by atoms with Crippen LogP contribution < -0.4 is 50.4 Å². The second kappa shape index (κ2) is 20.3. The van der Waals surface area contributed by atoms with E-state index in [-0.39, 0.29) is 50.2 Å². The second-order valence-electron chi connectivity index (χ2n) is 9.94. The molecule has 0 aliphatic rings. The van der Waals surface area contributed by atoms with Crippen molar-refractivity contribution in [3.05, 3.63) is 0 Å². The lowest BCUT2D eigenvalue weighted by molar-refractivity contribution is -0.142. The molecule has 0 aliphatic carbocycles. The predicted octanol–water partition coefficient (Wildman–Crippen LogP) is -2.87. The number of nitrogens with two attached hydrogens (primary N) is 6. The van der Waals surface area contributed by atoms with E-state index < -0.39 is 47.9 Å². The minimum absolute atomic E-state index is 0.0680. The van der Waals surface area contributed by atoms with Gasteiger partial charge in [-0.25, -0.2) is 4.79 Å². The van der Waals surface area contributed by atoms with Gasteiger partial charge in [0.2, 0.25) is 17.7 Å². The first-order valence-corrected chi connectivity index (χ1v) is 13.5. The zero-order chi connectivity index (χ0) is 30.7. The summed E-state index contributed by atoms with van der Waals surface area (Å²) in [5, 5.41) is 17.4. The van der Waals surface area contributed by atoms with Crippen molar-refractivity contribution >= 4 is 35.6 Å². The molecule has 16 N–H and O–H groups in total. The maximum absolute atomic E-state index is 13.3. The average Bonchev–Trinajstić information content (AvgIpc) is 2.85. The van der Waals surface area contributed by atoms with E-state index in [0.29, 0.717) is 38.6 Å². The van der Waals surface area contributed by atoms with Crippen LogP contribution in [0.25, 0.3) is 0 Å². The summed E-state index contributed by atoms with van der Waals surface area (Å²) in [6, 6.07) is -4.15. The number of carbonyl (C=O) groups is 4. The lowest BCUT2D eigenvalue weighted by atomic mass is 10.0. The lowest BCUT2D eigenvalue weighted by Gasteiger charge is -2.25. The number of amides is 3. The molecule has 0 bridgehead atoms. The van der Waals surface area contributed by atoms with E-state index in [1.807, 2.05) is 13.8 Å². The first kappa shape index (κ1) is 36.3. The zero-order valence-electron chi connectivity index (χ0n) is 23.6. The van der Waals surface area contributed by atoms with Gasteiger partial charge in [-0.2, -0.15) is 0 Å². The minimum Gasteiger partial charge on any atom is -0.480 e. The number of aliphatic carboxylic acids is 1. The van der Waals surface area contributed by atoms with Crippen molar-refractivity contribution in [3.63, 3.8) is 0 Å². The Hall–Kier alpha value is -3.66. The minimum atomic E-state index is -1.24. The van der Waals surface area contributed by atoms with Crippen LogP contribution in [0.1, 0.15) is 65.2 Å². The van der Waals surface area contributed by atoms with Crippen LogP contribution in [0.15, 0.2) is 9.98 Å². The maximum atomic E-state index is 13.3. The third kappa shape index (κ3) is 17.0. The molecule has 0 rings (SSSR count). The van der Waals surface area contributed by atoms with Crippen molar-refractivity contribution in [2.45, 2.75) is 89.4 Å². The van der Waals surface area contributed by atoms with Gasteiger partial charge in [-0.1, -0.05) is 13.8 Å². The number of guanidine groups is 2. The summed E-state index contributed by atoms with van der Waals surface area (Å²) < 4.78 is 0. The molecule has 0 heterocycles. The van der Waals surface area contributed by atoms with Crippen LogP contribution in [-0.4, -0.2) is 84.5 Å². The molecule has 0 saturated carbocycles. The second-order valence-corrected chi connectivity index (χ2v) is 9.94. The number of nitrogens with zero attached hydrogens (tertiary/aromatic N) is 2. The number of rotatable bonds is 21. The summed E-state index contributed by atoms with van der Waals surface area (Å²) in [6.45, 7) is 4.63. The Balaban J connectivity index is 5.63. The molecule has 0 radical (unpaired) electrons. The molecule has 0 fully saturated rings. The van der Waals surface area contributed by atoms with E-state index in [9.17, 15) is 24.3 Å². The molecule has 3 amide bonds. The van der Waals surface area contributed by atoms with E-state index in [4.69, 9.17) is 34.4 Å². The van der Waals surface area contributed by atoms with Crippen molar-refractivity contribution in [2.24, 2.45) is 50.3 Å². The summed E-state index contributed by atoms with van der Waals surface area (Å²) in [6.07, 6.45) is 2.60. The molecule has 0 aromatic heterocycles. The first-order valence-electron chi connectivity index (χ1n) is 13.5.